The molecule has 0 aromatic rings. The molecule has 1 rings (SSSR count). The second-order valence-electron chi connectivity index (χ2n) is 5.36. The van der Waals surface area contributed by atoms with Crippen molar-refractivity contribution in [2.45, 2.75) is 65.8 Å². The summed E-state index contributed by atoms with van der Waals surface area (Å²) in [5, 5.41) is 10.2. The van der Waals surface area contributed by atoms with Crippen LogP contribution in [0.1, 0.15) is 53.9 Å². The number of hydrogen-bond acceptors (Lipinski definition) is 2. The van der Waals surface area contributed by atoms with Crippen molar-refractivity contribution < 1.29 is 9.84 Å². The third kappa shape index (κ3) is 2.73. The summed E-state index contributed by atoms with van der Waals surface area (Å²) in [6, 6.07) is 0. The molecule has 5 atom stereocenters. The Balaban J connectivity index is 2.66. The molecule has 0 aliphatic carbocycles. The number of aliphatic hydroxyl groups is 1. The van der Waals surface area contributed by atoms with Gasteiger partial charge in [0.15, 0.2) is 5.79 Å². The van der Waals surface area contributed by atoms with Crippen molar-refractivity contribution >= 4 is 0 Å². The van der Waals surface area contributed by atoms with Gasteiger partial charge in [-0.15, -0.1) is 0 Å². The fourth-order valence-corrected chi connectivity index (χ4v) is 2.53. The van der Waals surface area contributed by atoms with Gasteiger partial charge in [-0.05, 0) is 25.2 Å². The van der Waals surface area contributed by atoms with Gasteiger partial charge in [0.25, 0.3) is 0 Å². The first-order valence-corrected chi connectivity index (χ1v) is 6.30. The molecule has 15 heavy (non-hydrogen) atoms. The average molecular weight is 214 g/mol. The van der Waals surface area contributed by atoms with Gasteiger partial charge in [-0.25, -0.2) is 0 Å². The monoisotopic (exact) mass is 214 g/mol. The van der Waals surface area contributed by atoms with E-state index in [9.17, 15) is 5.11 Å². The van der Waals surface area contributed by atoms with E-state index in [0.29, 0.717) is 11.8 Å². The maximum atomic E-state index is 10.2. The van der Waals surface area contributed by atoms with Crippen molar-refractivity contribution in [3.8, 4) is 0 Å². The summed E-state index contributed by atoms with van der Waals surface area (Å²) in [6.45, 7) is 10.6. The summed E-state index contributed by atoms with van der Waals surface area (Å²) in [7, 11) is 0. The molecular formula is C13H26O2. The maximum absolute atomic E-state index is 10.2. The van der Waals surface area contributed by atoms with Gasteiger partial charge < -0.3 is 9.84 Å². The molecule has 2 heteroatoms. The lowest BCUT2D eigenvalue weighted by atomic mass is 9.74. The van der Waals surface area contributed by atoms with Crippen LogP contribution in [0.5, 0.6) is 0 Å². The van der Waals surface area contributed by atoms with Crippen LogP contribution in [0.3, 0.4) is 0 Å². The van der Waals surface area contributed by atoms with E-state index in [1.54, 1.807) is 6.92 Å². The van der Waals surface area contributed by atoms with E-state index >= 15 is 0 Å². The highest BCUT2D eigenvalue weighted by molar-refractivity contribution is 4.87. The lowest BCUT2D eigenvalue weighted by Crippen LogP contribution is -2.52. The molecule has 0 radical (unpaired) electrons. The number of unbranched alkanes of at least 4 members (excludes halogenated alkanes) is 1. The number of rotatable bonds is 3. The lowest BCUT2D eigenvalue weighted by molar-refractivity contribution is -0.297. The van der Waals surface area contributed by atoms with Crippen LogP contribution in [0.15, 0.2) is 0 Å². The minimum Gasteiger partial charge on any atom is -0.365 e. The maximum Gasteiger partial charge on any atom is 0.165 e. The second-order valence-corrected chi connectivity index (χ2v) is 5.36. The summed E-state index contributed by atoms with van der Waals surface area (Å²) in [6.07, 6.45) is 3.68. The van der Waals surface area contributed by atoms with Gasteiger partial charge in [0.1, 0.15) is 0 Å². The first kappa shape index (κ1) is 13.0. The summed E-state index contributed by atoms with van der Waals surface area (Å²) in [5.74, 6) is 0.345. The molecule has 0 amide bonds. The molecule has 1 aliphatic rings. The largest absolute Gasteiger partial charge is 0.365 e. The van der Waals surface area contributed by atoms with Crippen molar-refractivity contribution in [1.29, 1.82) is 0 Å². The fraction of sp³-hybridized carbons (Fsp3) is 1.00. The zero-order valence-electron chi connectivity index (χ0n) is 10.8. The van der Waals surface area contributed by atoms with Gasteiger partial charge in [-0.1, -0.05) is 40.5 Å². The van der Waals surface area contributed by atoms with Gasteiger partial charge >= 0.3 is 0 Å². The van der Waals surface area contributed by atoms with E-state index in [-0.39, 0.29) is 12.0 Å². The van der Waals surface area contributed by atoms with Crippen LogP contribution >= 0.6 is 0 Å². The van der Waals surface area contributed by atoms with Crippen molar-refractivity contribution in [2.24, 2.45) is 17.8 Å². The lowest BCUT2D eigenvalue weighted by Gasteiger charge is -2.47. The third-order valence-corrected chi connectivity index (χ3v) is 4.28. The molecule has 1 saturated heterocycles. The fourth-order valence-electron chi connectivity index (χ4n) is 2.53. The highest BCUT2D eigenvalue weighted by Crippen LogP contribution is 2.41. The molecule has 0 aromatic heterocycles. The Bertz CT molecular complexity index is 201. The predicted molar refractivity (Wildman–Crippen MR) is 62.5 cm³/mol. The number of hydrogen-bond donors (Lipinski definition) is 1. The summed E-state index contributed by atoms with van der Waals surface area (Å²) < 4.78 is 5.83. The molecule has 1 heterocycles. The summed E-state index contributed by atoms with van der Waals surface area (Å²) >= 11 is 0. The highest BCUT2D eigenvalue weighted by Gasteiger charge is 2.44. The van der Waals surface area contributed by atoms with Crippen LogP contribution in [-0.2, 0) is 4.74 Å². The molecular weight excluding hydrogens is 188 g/mol. The van der Waals surface area contributed by atoms with Crippen LogP contribution in [-0.4, -0.2) is 17.0 Å². The minimum atomic E-state index is -0.940. The van der Waals surface area contributed by atoms with E-state index in [1.807, 2.05) is 0 Å². The van der Waals surface area contributed by atoms with Crippen LogP contribution in [0, 0.1) is 17.8 Å². The topological polar surface area (TPSA) is 29.5 Å². The van der Waals surface area contributed by atoms with E-state index < -0.39 is 5.79 Å². The highest BCUT2D eigenvalue weighted by atomic mass is 16.6. The minimum absolute atomic E-state index is 0.213. The Hall–Kier alpha value is -0.0800. The molecule has 2 nitrogen and oxygen atoms in total. The van der Waals surface area contributed by atoms with Gasteiger partial charge in [0.2, 0.25) is 0 Å². The normalized spacial score (nSPS) is 46.8. The number of ether oxygens (including phenoxy) is 1. The van der Waals surface area contributed by atoms with Crippen molar-refractivity contribution in [3.05, 3.63) is 0 Å². The smallest absolute Gasteiger partial charge is 0.165 e. The molecule has 1 N–H and O–H groups in total. The average Bonchev–Trinajstić information content (AvgIpc) is 2.19. The first-order valence-electron chi connectivity index (χ1n) is 6.30. The van der Waals surface area contributed by atoms with Gasteiger partial charge in [0, 0.05) is 5.92 Å². The Morgan fingerprint density at radius 1 is 1.20 bits per heavy atom. The third-order valence-electron chi connectivity index (χ3n) is 4.28. The van der Waals surface area contributed by atoms with Gasteiger partial charge in [0.05, 0.1) is 6.10 Å². The second kappa shape index (κ2) is 4.84. The molecule has 90 valence electrons. The molecule has 0 aromatic carbocycles. The Labute approximate surface area is 94.0 Å². The van der Waals surface area contributed by atoms with E-state index in [0.717, 1.165) is 6.42 Å². The predicted octanol–water partition coefficient (Wildman–Crippen LogP) is 3.19. The zero-order valence-corrected chi connectivity index (χ0v) is 10.8. The standard InChI is InChI=1S/C13H26O2/c1-6-7-8-12-10(3)9(2)11(4)13(5,14)15-12/h9-12,14H,6-8H2,1-5H3. The van der Waals surface area contributed by atoms with E-state index in [2.05, 4.69) is 27.7 Å². The van der Waals surface area contributed by atoms with E-state index in [4.69, 9.17) is 4.74 Å². The van der Waals surface area contributed by atoms with Gasteiger partial charge in [-0.2, -0.15) is 0 Å². The first-order chi connectivity index (χ1) is 6.90. The van der Waals surface area contributed by atoms with Crippen molar-refractivity contribution in [3.63, 3.8) is 0 Å². The van der Waals surface area contributed by atoms with E-state index in [1.165, 1.54) is 12.8 Å². The Kier molecular flexibility index (Phi) is 4.19. The van der Waals surface area contributed by atoms with Crippen molar-refractivity contribution in [1.82, 2.24) is 0 Å². The molecule has 0 bridgehead atoms. The molecule has 0 saturated carbocycles. The zero-order chi connectivity index (χ0) is 11.6. The van der Waals surface area contributed by atoms with Crippen LogP contribution < -0.4 is 0 Å². The Morgan fingerprint density at radius 3 is 2.33 bits per heavy atom. The van der Waals surface area contributed by atoms with Crippen molar-refractivity contribution in [2.75, 3.05) is 0 Å². The Morgan fingerprint density at radius 2 is 1.80 bits per heavy atom. The molecule has 0 spiro atoms. The molecule has 1 aliphatic heterocycles. The van der Waals surface area contributed by atoms with Crippen LogP contribution in [0.2, 0.25) is 0 Å². The van der Waals surface area contributed by atoms with Crippen LogP contribution in [0.25, 0.3) is 0 Å². The van der Waals surface area contributed by atoms with Gasteiger partial charge in [-0.3, -0.25) is 0 Å². The molecule has 5 unspecified atom stereocenters. The summed E-state index contributed by atoms with van der Waals surface area (Å²) in [4.78, 5) is 0. The quantitative estimate of drug-likeness (QED) is 0.782. The van der Waals surface area contributed by atoms with Crippen LogP contribution in [0.4, 0.5) is 0 Å². The SMILES string of the molecule is CCCCC1OC(C)(O)C(C)C(C)C1C. The molecule has 1 fully saturated rings. The summed E-state index contributed by atoms with van der Waals surface area (Å²) in [5.41, 5.74) is 0.